The monoisotopic (exact) mass is 581 g/mol. The fourth-order valence-electron chi connectivity index (χ4n) is 3.60. The zero-order valence-electron chi connectivity index (χ0n) is 22.6. The summed E-state index contributed by atoms with van der Waals surface area (Å²) in [5, 5.41) is 15.6. The van der Waals surface area contributed by atoms with Crippen molar-refractivity contribution in [2.24, 2.45) is 5.73 Å². The Morgan fingerprint density at radius 3 is 2.10 bits per heavy atom. The number of ether oxygens (including phenoxy) is 3. The SMILES string of the molecule is CC(C)OC(=O)C(C)NP(=O)(NC(C)C(=O)OC(C)C)OC[C@@]1(CN)O[C@@H](n2ccc(=O)[nH]c2=O)[C@H](F)[C@@H]1O. The van der Waals surface area contributed by atoms with Crippen LogP contribution in [0.5, 0.6) is 0 Å². The van der Waals surface area contributed by atoms with E-state index < -0.39 is 92.4 Å². The molecule has 0 bridgehead atoms. The van der Waals surface area contributed by atoms with Crippen LogP contribution in [0.1, 0.15) is 47.8 Å². The van der Waals surface area contributed by atoms with Gasteiger partial charge in [0.2, 0.25) is 0 Å². The van der Waals surface area contributed by atoms with E-state index >= 15 is 4.39 Å². The molecule has 1 saturated heterocycles. The molecule has 15 nitrogen and oxygen atoms in total. The summed E-state index contributed by atoms with van der Waals surface area (Å²) in [6.45, 7) is 7.78. The molecular weight excluding hydrogens is 544 g/mol. The molecule has 0 radical (unpaired) electrons. The Bertz CT molecular complexity index is 1140. The molecule has 2 rings (SSSR count). The first-order chi connectivity index (χ1) is 18.0. The summed E-state index contributed by atoms with van der Waals surface area (Å²) in [7, 11) is -4.38. The molecule has 0 aliphatic carbocycles. The van der Waals surface area contributed by atoms with E-state index in [-0.39, 0.29) is 0 Å². The summed E-state index contributed by atoms with van der Waals surface area (Å²) in [6.07, 6.45) is -5.86. The number of alkyl halides is 1. The van der Waals surface area contributed by atoms with Crippen LogP contribution in [-0.4, -0.2) is 81.9 Å². The van der Waals surface area contributed by atoms with Crippen LogP contribution in [0.15, 0.2) is 21.9 Å². The van der Waals surface area contributed by atoms with Gasteiger partial charge in [0.15, 0.2) is 12.4 Å². The van der Waals surface area contributed by atoms with Gasteiger partial charge in [-0.15, -0.1) is 0 Å². The molecule has 1 aliphatic heterocycles. The lowest BCUT2D eigenvalue weighted by molar-refractivity contribution is -0.149. The summed E-state index contributed by atoms with van der Waals surface area (Å²) in [5.41, 5.74) is 2.05. The standard InChI is InChI=1S/C22H37FN5O10P/c1-11(2)36-19(31)13(5)26-39(34,27-14(6)20(32)37-12(3)4)35-10-22(9-24)17(30)16(23)18(38-22)28-8-7-15(29)25-21(28)33/h7-8,11-14,16-18,30H,9-10,24H2,1-6H3,(H,25,29,33)(H2,26,27,34)/t13?,14?,16-,17+,18-,22-,39?/m1/s1. The number of halogens is 1. The number of carbonyl (C=O) groups is 2. The van der Waals surface area contributed by atoms with Crippen molar-refractivity contribution in [3.8, 4) is 0 Å². The molecule has 6 atom stereocenters. The number of rotatable bonds is 13. The number of aliphatic hydroxyl groups is 1. The molecule has 0 spiro atoms. The summed E-state index contributed by atoms with van der Waals surface area (Å²) in [4.78, 5) is 50.2. The van der Waals surface area contributed by atoms with Crippen LogP contribution >= 0.6 is 7.67 Å². The fourth-order valence-corrected chi connectivity index (χ4v) is 5.46. The van der Waals surface area contributed by atoms with Crippen molar-refractivity contribution < 1.29 is 42.4 Å². The molecule has 0 saturated carbocycles. The van der Waals surface area contributed by atoms with E-state index in [2.05, 4.69) is 10.2 Å². The van der Waals surface area contributed by atoms with Crippen LogP contribution < -0.4 is 27.2 Å². The lowest BCUT2D eigenvalue weighted by atomic mass is 9.97. The van der Waals surface area contributed by atoms with Crippen molar-refractivity contribution in [2.45, 2.75) is 89.9 Å². The number of nitrogens with two attached hydrogens (primary N) is 1. The van der Waals surface area contributed by atoms with Crippen molar-refractivity contribution in [3.63, 3.8) is 0 Å². The number of aromatic amines is 1. The smallest absolute Gasteiger partial charge is 0.342 e. The third-order valence-corrected chi connectivity index (χ3v) is 7.52. The minimum Gasteiger partial charge on any atom is -0.462 e. The van der Waals surface area contributed by atoms with Gasteiger partial charge in [0, 0.05) is 18.8 Å². The molecule has 1 aliphatic rings. The van der Waals surface area contributed by atoms with Gasteiger partial charge >= 0.3 is 25.3 Å². The highest BCUT2D eigenvalue weighted by atomic mass is 31.2. The predicted octanol–water partition coefficient (Wildman–Crippen LogP) is -0.554. The summed E-state index contributed by atoms with van der Waals surface area (Å²) >= 11 is 0. The molecule has 222 valence electrons. The second kappa shape index (κ2) is 13.3. The van der Waals surface area contributed by atoms with Crippen LogP contribution in [0.4, 0.5) is 4.39 Å². The van der Waals surface area contributed by atoms with Gasteiger partial charge in [0.05, 0.1) is 18.8 Å². The maximum Gasteiger partial charge on any atom is 0.342 e. The van der Waals surface area contributed by atoms with Crippen LogP contribution in [0.25, 0.3) is 0 Å². The van der Waals surface area contributed by atoms with Gasteiger partial charge in [0.1, 0.15) is 23.8 Å². The first kappa shape index (κ1) is 32.8. The summed E-state index contributed by atoms with van der Waals surface area (Å²) < 4.78 is 51.1. The highest BCUT2D eigenvalue weighted by Gasteiger charge is 2.56. The van der Waals surface area contributed by atoms with Crippen LogP contribution in [0.3, 0.4) is 0 Å². The largest absolute Gasteiger partial charge is 0.462 e. The van der Waals surface area contributed by atoms with Crippen molar-refractivity contribution in [2.75, 3.05) is 13.2 Å². The molecule has 0 amide bonds. The van der Waals surface area contributed by atoms with Crippen molar-refractivity contribution >= 4 is 19.6 Å². The van der Waals surface area contributed by atoms with Gasteiger partial charge in [-0.05, 0) is 41.5 Å². The molecule has 2 unspecified atom stereocenters. The second-order valence-corrected chi connectivity index (χ2v) is 11.6. The fraction of sp³-hybridized carbons (Fsp3) is 0.727. The number of carbonyl (C=O) groups excluding carboxylic acids is 2. The summed E-state index contributed by atoms with van der Waals surface area (Å²) in [5.74, 6) is -1.56. The van der Waals surface area contributed by atoms with E-state index in [1.54, 1.807) is 27.7 Å². The van der Waals surface area contributed by atoms with Crippen LogP contribution in [0.2, 0.25) is 0 Å². The van der Waals surface area contributed by atoms with Gasteiger partial charge in [-0.25, -0.2) is 19.4 Å². The molecule has 1 aromatic rings. The Morgan fingerprint density at radius 1 is 1.15 bits per heavy atom. The van der Waals surface area contributed by atoms with Crippen molar-refractivity contribution in [3.05, 3.63) is 33.1 Å². The number of esters is 2. The molecule has 2 heterocycles. The maximum atomic E-state index is 15.2. The van der Waals surface area contributed by atoms with E-state index in [0.717, 1.165) is 16.8 Å². The van der Waals surface area contributed by atoms with E-state index in [0.29, 0.717) is 0 Å². The zero-order chi connectivity index (χ0) is 29.7. The first-order valence-corrected chi connectivity index (χ1v) is 13.9. The van der Waals surface area contributed by atoms with Gasteiger partial charge in [0.25, 0.3) is 5.56 Å². The van der Waals surface area contributed by atoms with E-state index in [1.807, 2.05) is 4.98 Å². The molecular formula is C22H37FN5O10P. The quantitative estimate of drug-likeness (QED) is 0.146. The van der Waals surface area contributed by atoms with E-state index in [1.165, 1.54) is 13.8 Å². The minimum absolute atomic E-state index is 0.479. The number of hydrogen-bond donors (Lipinski definition) is 5. The number of nitrogens with one attached hydrogen (secondary N) is 3. The number of aliphatic hydroxyl groups excluding tert-OH is 1. The highest BCUT2D eigenvalue weighted by Crippen LogP contribution is 2.44. The molecule has 0 aromatic carbocycles. The third kappa shape index (κ3) is 8.27. The molecule has 39 heavy (non-hydrogen) atoms. The molecule has 1 aromatic heterocycles. The van der Waals surface area contributed by atoms with Gasteiger partial charge in [-0.1, -0.05) is 0 Å². The number of H-pyrrole nitrogens is 1. The average Bonchev–Trinajstić information content (AvgIpc) is 3.07. The Labute approximate surface area is 224 Å². The molecule has 6 N–H and O–H groups in total. The van der Waals surface area contributed by atoms with Crippen molar-refractivity contribution in [1.29, 1.82) is 0 Å². The molecule has 1 fully saturated rings. The van der Waals surface area contributed by atoms with Crippen LogP contribution in [0, 0.1) is 0 Å². The number of nitrogens with zero attached hydrogens (tertiary/aromatic N) is 1. The van der Waals surface area contributed by atoms with Gasteiger partial charge < -0.3 is 29.6 Å². The first-order valence-electron chi connectivity index (χ1n) is 12.3. The average molecular weight is 582 g/mol. The topological polar surface area (TPSA) is 213 Å². The Morgan fingerprint density at radius 2 is 1.67 bits per heavy atom. The van der Waals surface area contributed by atoms with Gasteiger partial charge in [-0.2, -0.15) is 0 Å². The van der Waals surface area contributed by atoms with E-state index in [9.17, 15) is 28.8 Å². The lowest BCUT2D eigenvalue weighted by Gasteiger charge is -2.33. The Kier molecular flexibility index (Phi) is 11.1. The number of aromatic nitrogens is 2. The number of hydrogen-bond acceptors (Lipinski definition) is 11. The summed E-state index contributed by atoms with van der Waals surface area (Å²) in [6, 6.07) is -1.45. The molecule has 17 heteroatoms. The van der Waals surface area contributed by atoms with E-state index in [4.69, 9.17) is 24.5 Å². The highest BCUT2D eigenvalue weighted by molar-refractivity contribution is 7.54. The van der Waals surface area contributed by atoms with Gasteiger partial charge in [-0.3, -0.25) is 28.5 Å². The maximum absolute atomic E-state index is 15.2. The third-order valence-electron chi connectivity index (χ3n) is 5.57. The Balaban J connectivity index is 2.33. The van der Waals surface area contributed by atoms with Crippen LogP contribution in [-0.2, 0) is 32.9 Å². The van der Waals surface area contributed by atoms with Crippen molar-refractivity contribution in [1.82, 2.24) is 19.7 Å². The predicted molar refractivity (Wildman–Crippen MR) is 135 cm³/mol. The minimum atomic E-state index is -4.38. The Hall–Kier alpha value is -2.46. The zero-order valence-corrected chi connectivity index (χ0v) is 23.5. The normalized spacial score (nSPS) is 26.3. The lowest BCUT2D eigenvalue weighted by Crippen LogP contribution is -2.53. The second-order valence-electron chi connectivity index (χ2n) is 9.68.